The molecule has 20 nitrogen and oxygen atoms in total. The maximum Gasteiger partial charge on any atom is 0.325 e. The number of aromatic hydroxyl groups is 1. The molecule has 0 saturated carbocycles. The number of carboxylic acid groups (broad SMARTS) is 1. The van der Waals surface area contributed by atoms with Crippen LogP contribution in [0.15, 0.2) is 35.9 Å². The molecule has 0 spiro atoms. The van der Waals surface area contributed by atoms with Crippen LogP contribution >= 0.6 is 0 Å². The highest BCUT2D eigenvalue weighted by Crippen LogP contribution is 2.36. The number of benzene rings is 1. The summed E-state index contributed by atoms with van der Waals surface area (Å²) in [6, 6.07) is -2.81. The fourth-order valence-electron chi connectivity index (χ4n) is 8.01. The fraction of sp³-hybridized carbons (Fsp3) is 0.625. The number of aliphatic hydroxyl groups excluding tert-OH is 2. The summed E-state index contributed by atoms with van der Waals surface area (Å²) in [5, 5.41) is 53.4. The number of nitrogens with two attached hydrogens (primary N) is 1. The molecule has 0 radical (unpaired) electrons. The highest BCUT2D eigenvalue weighted by Gasteiger charge is 2.35. The van der Waals surface area contributed by atoms with Crippen molar-refractivity contribution in [1.29, 1.82) is 0 Å². The van der Waals surface area contributed by atoms with Crippen LogP contribution in [0.5, 0.6) is 5.75 Å². The topological polar surface area (TPSA) is 310 Å². The van der Waals surface area contributed by atoms with Crippen molar-refractivity contribution in [3.8, 4) is 5.75 Å². The second-order valence-corrected chi connectivity index (χ2v) is 17.8. The van der Waals surface area contributed by atoms with Crippen molar-refractivity contribution in [3.05, 3.63) is 47.1 Å². The zero-order valence-corrected chi connectivity index (χ0v) is 40.2. The molecule has 4 bridgehead atoms. The van der Waals surface area contributed by atoms with E-state index in [9.17, 15) is 58.8 Å². The summed E-state index contributed by atoms with van der Waals surface area (Å²) in [4.78, 5) is 107. The summed E-state index contributed by atoms with van der Waals surface area (Å²) in [6.07, 6.45) is 15.2. The molecule has 1 aliphatic carbocycles. The van der Waals surface area contributed by atoms with E-state index in [0.717, 1.165) is 35.5 Å². The van der Waals surface area contributed by atoms with Crippen molar-refractivity contribution >= 4 is 52.9 Å². The quantitative estimate of drug-likeness (QED) is 0.0494. The van der Waals surface area contributed by atoms with Crippen LogP contribution in [0.1, 0.15) is 141 Å². The van der Waals surface area contributed by atoms with Crippen LogP contribution in [0.3, 0.4) is 0 Å². The number of phenolic OH excluding ortho intramolecular Hbond substituents is 1. The van der Waals surface area contributed by atoms with Gasteiger partial charge in [-0.2, -0.15) is 0 Å². The van der Waals surface area contributed by atoms with Crippen LogP contribution in [-0.2, 0) is 38.4 Å². The van der Waals surface area contributed by atoms with Crippen molar-refractivity contribution in [2.24, 2.45) is 5.73 Å². The number of likely N-dealkylation sites (N-methyl/N-ethyl adjacent to an activating group) is 2. The van der Waals surface area contributed by atoms with Gasteiger partial charge in [-0.25, -0.2) is 0 Å². The predicted molar refractivity (Wildman–Crippen MR) is 253 cm³/mol. The van der Waals surface area contributed by atoms with E-state index < -0.39 is 97.0 Å². The third-order valence-corrected chi connectivity index (χ3v) is 12.4. The number of hydrogen-bond acceptors (Lipinski definition) is 12. The van der Waals surface area contributed by atoms with E-state index in [1.165, 1.54) is 104 Å². The first kappa shape index (κ1) is 56.5. The Hall–Kier alpha value is -5.86. The molecule has 3 rings (SSSR count). The average Bonchev–Trinajstić information content (AvgIpc) is 3.30. The lowest BCUT2D eigenvalue weighted by atomic mass is 9.87. The molecular formula is C48H74N8O12. The van der Waals surface area contributed by atoms with Crippen LogP contribution in [0.4, 0.5) is 0 Å². The molecule has 0 saturated heterocycles. The molecule has 7 atom stereocenters. The first-order valence-corrected chi connectivity index (χ1v) is 23.8. The van der Waals surface area contributed by atoms with Crippen molar-refractivity contribution in [1.82, 2.24) is 36.4 Å². The zero-order chi connectivity index (χ0) is 50.5. The van der Waals surface area contributed by atoms with Gasteiger partial charge in [0.25, 0.3) is 5.91 Å². The van der Waals surface area contributed by atoms with Gasteiger partial charge in [0.05, 0.1) is 19.3 Å². The molecule has 68 heavy (non-hydrogen) atoms. The lowest BCUT2D eigenvalue weighted by Gasteiger charge is -2.31. The van der Waals surface area contributed by atoms with Gasteiger partial charge in [-0.1, -0.05) is 102 Å². The standard InChI is InChI=1S/C48H74N8O12/c1-6-7-8-9-10-11-12-13-14-15-16-17-18-19-39(60)55(4)36(28-57)45(64)54-42(49)47(66)50-27-40(61)56(5)41-32-21-23-38(59)34(26-32)33-24-31(20-22-37(33)58)25-35(44(63)52-30(3)48(67)68)53-43(62)29(2)51-46(41)65/h20-21,23-24,26,29-30,35-37,41-42,57-59H,6-19,22,25,27-28,49H2,1-5H3,(H,50,66)(H,51,65)(H,52,63)(H,53,62)(H,54,64)(H,67,68)/t29-,30-,35-,36+,37?,41-,42-/m0/s1. The van der Waals surface area contributed by atoms with Gasteiger partial charge in [0.1, 0.15) is 36.0 Å². The van der Waals surface area contributed by atoms with E-state index in [1.54, 1.807) is 6.08 Å². The van der Waals surface area contributed by atoms with Gasteiger partial charge in [0, 0.05) is 32.5 Å². The molecule has 1 unspecified atom stereocenters. The second-order valence-electron chi connectivity index (χ2n) is 17.8. The van der Waals surface area contributed by atoms with Gasteiger partial charge in [-0.3, -0.25) is 38.4 Å². The molecule has 1 aliphatic heterocycles. The third kappa shape index (κ3) is 17.3. The molecule has 11 N–H and O–H groups in total. The molecule has 1 aromatic carbocycles. The van der Waals surface area contributed by atoms with Gasteiger partial charge in [0.15, 0.2) is 6.17 Å². The van der Waals surface area contributed by atoms with E-state index in [-0.39, 0.29) is 47.6 Å². The Morgan fingerprint density at radius 3 is 2.04 bits per heavy atom. The Balaban J connectivity index is 1.65. The molecule has 20 heteroatoms. The number of carboxylic acids is 1. The Morgan fingerprint density at radius 2 is 1.46 bits per heavy atom. The monoisotopic (exact) mass is 955 g/mol. The number of unbranched alkanes of at least 4 members (excludes halogenated alkanes) is 12. The van der Waals surface area contributed by atoms with E-state index in [4.69, 9.17) is 5.73 Å². The average molecular weight is 955 g/mol. The second kappa shape index (κ2) is 28.5. The minimum absolute atomic E-state index is 0.0364. The SMILES string of the molecule is CCCCCCCCCCCCCCCC(=O)N(C)[C@H](CO)C(=O)N[C@H](N)C(=O)NCC(=O)N(C)[C@@H]1C(=O)N[C@@H](C)C(=O)N[C@H](C(=O)N[C@@H](C)C(=O)O)CC2=CCC(O)C(=C2)c2cc1ccc2O. The number of amides is 7. The fourth-order valence-corrected chi connectivity index (χ4v) is 8.01. The van der Waals surface area contributed by atoms with Crippen LogP contribution < -0.4 is 32.3 Å². The van der Waals surface area contributed by atoms with E-state index in [0.29, 0.717) is 12.0 Å². The number of nitrogens with zero attached hydrogens (tertiary/aromatic N) is 2. The highest BCUT2D eigenvalue weighted by molar-refractivity contribution is 5.97. The number of carbonyl (C=O) groups is 8. The summed E-state index contributed by atoms with van der Waals surface area (Å²) in [5.41, 5.74) is 6.86. The molecule has 0 fully saturated rings. The molecule has 0 aromatic heterocycles. The largest absolute Gasteiger partial charge is 0.507 e. The van der Waals surface area contributed by atoms with Gasteiger partial charge < -0.3 is 62.5 Å². The Morgan fingerprint density at radius 1 is 0.853 bits per heavy atom. The number of nitrogens with one attached hydrogen (secondary N) is 5. The Kier molecular flexibility index (Phi) is 23.6. The lowest BCUT2D eigenvalue weighted by molar-refractivity contribution is -0.142. The maximum absolute atomic E-state index is 14.1. The molecular weight excluding hydrogens is 881 g/mol. The molecule has 1 heterocycles. The van der Waals surface area contributed by atoms with E-state index in [2.05, 4.69) is 33.5 Å². The zero-order valence-electron chi connectivity index (χ0n) is 40.2. The molecule has 2 aliphatic rings. The summed E-state index contributed by atoms with van der Waals surface area (Å²) in [6.45, 7) is 3.30. The highest BCUT2D eigenvalue weighted by atomic mass is 16.4. The maximum atomic E-state index is 14.1. The van der Waals surface area contributed by atoms with Crippen LogP contribution in [0, 0.1) is 0 Å². The van der Waals surface area contributed by atoms with Crippen LogP contribution in [0.25, 0.3) is 5.57 Å². The van der Waals surface area contributed by atoms with E-state index >= 15 is 0 Å². The molecule has 7 amide bonds. The molecule has 1 aromatic rings. The summed E-state index contributed by atoms with van der Waals surface area (Å²) in [5.74, 6) is -7.28. The lowest BCUT2D eigenvalue weighted by Crippen LogP contribution is -2.59. The minimum atomic E-state index is -1.72. The summed E-state index contributed by atoms with van der Waals surface area (Å²) in [7, 11) is 2.62. The smallest absolute Gasteiger partial charge is 0.325 e. The van der Waals surface area contributed by atoms with Gasteiger partial charge in [-0.05, 0) is 55.5 Å². The summed E-state index contributed by atoms with van der Waals surface area (Å²) >= 11 is 0. The number of hydrogen-bond donors (Lipinski definition) is 10. The third-order valence-electron chi connectivity index (χ3n) is 12.4. The van der Waals surface area contributed by atoms with Crippen molar-refractivity contribution in [2.75, 3.05) is 27.2 Å². The number of aliphatic carboxylic acids is 1. The number of allylic oxidation sites excluding steroid dienone is 1. The number of phenols is 1. The Labute approximate surface area is 398 Å². The summed E-state index contributed by atoms with van der Waals surface area (Å²) < 4.78 is 0. The number of carbonyl (C=O) groups excluding carboxylic acids is 7. The van der Waals surface area contributed by atoms with Gasteiger partial charge >= 0.3 is 5.97 Å². The van der Waals surface area contributed by atoms with E-state index in [1.807, 2.05) is 0 Å². The normalized spacial score (nSPS) is 19.6. The number of rotatable bonds is 25. The number of fused-ring (bicyclic) bond motifs is 4. The molecule has 378 valence electrons. The minimum Gasteiger partial charge on any atom is -0.507 e. The van der Waals surface area contributed by atoms with Crippen LogP contribution in [0.2, 0.25) is 0 Å². The van der Waals surface area contributed by atoms with Crippen molar-refractivity contribution < 1.29 is 58.8 Å². The van der Waals surface area contributed by atoms with Crippen molar-refractivity contribution in [2.45, 2.75) is 166 Å². The van der Waals surface area contributed by atoms with Gasteiger partial charge in [0.2, 0.25) is 35.4 Å². The first-order chi connectivity index (χ1) is 32.3. The first-order valence-electron chi connectivity index (χ1n) is 23.8. The van der Waals surface area contributed by atoms with Gasteiger partial charge in [-0.15, -0.1) is 0 Å². The number of aliphatic hydroxyl groups is 2. The predicted octanol–water partition coefficient (Wildman–Crippen LogP) is 1.77. The van der Waals surface area contributed by atoms with Crippen molar-refractivity contribution in [3.63, 3.8) is 0 Å². The van der Waals surface area contributed by atoms with Crippen LogP contribution in [-0.4, -0.2) is 141 Å². The Bertz CT molecular complexity index is 1990.